The van der Waals surface area contributed by atoms with Gasteiger partial charge in [-0.2, -0.15) is 5.10 Å². The Kier molecular flexibility index (Phi) is 3.41. The second kappa shape index (κ2) is 5.06. The quantitative estimate of drug-likeness (QED) is 0.792. The standard InChI is InChI=1S/C14H15BrN2O2/c1-9(18)11-6-10(15)7-13-12(11)8-16-17(13)14-4-2-3-5-19-14/h6-8,14H,2-5H2,1H3. The Morgan fingerprint density at radius 1 is 1.47 bits per heavy atom. The summed E-state index contributed by atoms with van der Waals surface area (Å²) in [5.74, 6) is 0.0513. The third kappa shape index (κ3) is 2.32. The molecule has 3 rings (SSSR count). The third-order valence-electron chi connectivity index (χ3n) is 3.49. The van der Waals surface area contributed by atoms with Crippen molar-refractivity contribution in [1.82, 2.24) is 9.78 Å². The maximum atomic E-state index is 11.7. The number of hydrogen-bond acceptors (Lipinski definition) is 3. The predicted molar refractivity (Wildman–Crippen MR) is 76.3 cm³/mol. The van der Waals surface area contributed by atoms with Crippen LogP contribution in [0, 0.1) is 0 Å². The fourth-order valence-electron chi connectivity index (χ4n) is 2.55. The van der Waals surface area contributed by atoms with Crippen molar-refractivity contribution < 1.29 is 9.53 Å². The van der Waals surface area contributed by atoms with Gasteiger partial charge in [0.05, 0.1) is 11.7 Å². The van der Waals surface area contributed by atoms with Crippen LogP contribution in [0.25, 0.3) is 10.9 Å². The molecule has 1 aromatic carbocycles. The summed E-state index contributed by atoms with van der Waals surface area (Å²) >= 11 is 3.46. The number of rotatable bonds is 2. The van der Waals surface area contributed by atoms with E-state index in [1.54, 1.807) is 13.1 Å². The summed E-state index contributed by atoms with van der Waals surface area (Å²) in [6.45, 7) is 2.36. The average Bonchev–Trinajstić information content (AvgIpc) is 2.82. The molecule has 2 heterocycles. The summed E-state index contributed by atoms with van der Waals surface area (Å²) in [5.41, 5.74) is 1.65. The minimum Gasteiger partial charge on any atom is -0.356 e. The number of benzene rings is 1. The molecule has 1 atom stereocenters. The molecule has 4 nitrogen and oxygen atoms in total. The van der Waals surface area contributed by atoms with Gasteiger partial charge in [-0.3, -0.25) is 4.79 Å². The van der Waals surface area contributed by atoms with Crippen LogP contribution in [0.5, 0.6) is 0 Å². The molecule has 0 saturated carbocycles. The molecule has 2 aromatic rings. The molecule has 1 aliphatic rings. The highest BCUT2D eigenvalue weighted by Gasteiger charge is 2.20. The summed E-state index contributed by atoms with van der Waals surface area (Å²) in [5, 5.41) is 5.32. The number of halogens is 1. The topological polar surface area (TPSA) is 44.1 Å². The Hall–Kier alpha value is -1.20. The first-order valence-electron chi connectivity index (χ1n) is 6.46. The summed E-state index contributed by atoms with van der Waals surface area (Å²) in [6.07, 6.45) is 4.98. The van der Waals surface area contributed by atoms with Gasteiger partial charge in [0.1, 0.15) is 0 Å². The van der Waals surface area contributed by atoms with Gasteiger partial charge in [-0.25, -0.2) is 4.68 Å². The molecule has 0 amide bonds. The maximum Gasteiger partial charge on any atom is 0.160 e. The normalized spacial score (nSPS) is 19.8. The molecular formula is C14H15BrN2O2. The van der Waals surface area contributed by atoms with E-state index in [0.717, 1.165) is 41.2 Å². The molecule has 19 heavy (non-hydrogen) atoms. The van der Waals surface area contributed by atoms with Crippen molar-refractivity contribution in [3.8, 4) is 0 Å². The lowest BCUT2D eigenvalue weighted by Crippen LogP contribution is -2.19. The first-order valence-corrected chi connectivity index (χ1v) is 7.25. The monoisotopic (exact) mass is 322 g/mol. The van der Waals surface area contributed by atoms with Crippen molar-refractivity contribution >= 4 is 32.6 Å². The number of carbonyl (C=O) groups is 1. The van der Waals surface area contributed by atoms with Crippen molar-refractivity contribution in [3.05, 3.63) is 28.4 Å². The summed E-state index contributed by atoms with van der Waals surface area (Å²) < 4.78 is 8.56. The molecule has 0 spiro atoms. The van der Waals surface area contributed by atoms with Gasteiger partial charge in [0.15, 0.2) is 12.0 Å². The maximum absolute atomic E-state index is 11.7. The fraction of sp³-hybridized carbons (Fsp3) is 0.429. The van der Waals surface area contributed by atoms with E-state index in [1.807, 2.05) is 16.8 Å². The molecule has 1 aromatic heterocycles. The minimum atomic E-state index is -0.0136. The van der Waals surface area contributed by atoms with Gasteiger partial charge < -0.3 is 4.74 Å². The van der Waals surface area contributed by atoms with E-state index in [2.05, 4.69) is 21.0 Å². The second-order valence-corrected chi connectivity index (χ2v) is 5.77. The average molecular weight is 323 g/mol. The molecule has 1 aliphatic heterocycles. The molecule has 0 radical (unpaired) electrons. The zero-order chi connectivity index (χ0) is 13.4. The second-order valence-electron chi connectivity index (χ2n) is 4.85. The van der Waals surface area contributed by atoms with Crippen LogP contribution >= 0.6 is 15.9 Å². The number of ketones is 1. The molecule has 1 saturated heterocycles. The Labute approximate surface area is 119 Å². The van der Waals surface area contributed by atoms with E-state index in [-0.39, 0.29) is 12.0 Å². The Morgan fingerprint density at radius 3 is 3.00 bits per heavy atom. The summed E-state index contributed by atoms with van der Waals surface area (Å²) in [6, 6.07) is 3.84. The first kappa shape index (κ1) is 12.8. The van der Waals surface area contributed by atoms with Crippen molar-refractivity contribution in [2.45, 2.75) is 32.4 Å². The van der Waals surface area contributed by atoms with Gasteiger partial charge in [-0.1, -0.05) is 15.9 Å². The number of fused-ring (bicyclic) bond motifs is 1. The molecule has 1 unspecified atom stereocenters. The molecule has 0 aliphatic carbocycles. The Morgan fingerprint density at radius 2 is 2.32 bits per heavy atom. The van der Waals surface area contributed by atoms with E-state index in [1.165, 1.54) is 0 Å². The molecule has 5 heteroatoms. The lowest BCUT2D eigenvalue weighted by Gasteiger charge is -2.23. The number of ether oxygens (including phenoxy) is 1. The lowest BCUT2D eigenvalue weighted by molar-refractivity contribution is -0.0366. The van der Waals surface area contributed by atoms with Crippen molar-refractivity contribution in [2.24, 2.45) is 0 Å². The van der Waals surface area contributed by atoms with Crippen molar-refractivity contribution in [1.29, 1.82) is 0 Å². The van der Waals surface area contributed by atoms with Gasteiger partial charge in [0, 0.05) is 22.0 Å². The van der Waals surface area contributed by atoms with Crippen molar-refractivity contribution in [3.63, 3.8) is 0 Å². The highest BCUT2D eigenvalue weighted by Crippen LogP contribution is 2.30. The van der Waals surface area contributed by atoms with Gasteiger partial charge in [-0.15, -0.1) is 0 Å². The van der Waals surface area contributed by atoms with Gasteiger partial charge in [0.25, 0.3) is 0 Å². The molecule has 100 valence electrons. The number of carbonyl (C=O) groups excluding carboxylic acids is 1. The van der Waals surface area contributed by atoms with Gasteiger partial charge in [0.2, 0.25) is 0 Å². The smallest absolute Gasteiger partial charge is 0.160 e. The Balaban J connectivity index is 2.14. The minimum absolute atomic E-state index is 0.0136. The van der Waals surface area contributed by atoms with Crippen LogP contribution in [-0.2, 0) is 4.74 Å². The van der Waals surface area contributed by atoms with Crippen LogP contribution in [0.4, 0.5) is 0 Å². The van der Waals surface area contributed by atoms with Crippen LogP contribution in [0.1, 0.15) is 42.8 Å². The molecular weight excluding hydrogens is 308 g/mol. The van der Waals surface area contributed by atoms with E-state index in [0.29, 0.717) is 5.56 Å². The summed E-state index contributed by atoms with van der Waals surface area (Å²) in [7, 11) is 0. The fourth-order valence-corrected chi connectivity index (χ4v) is 2.99. The van der Waals surface area contributed by atoms with Crippen LogP contribution in [0.2, 0.25) is 0 Å². The SMILES string of the molecule is CC(=O)c1cc(Br)cc2c1cnn2C1CCCCO1. The predicted octanol–water partition coefficient (Wildman–Crippen LogP) is 3.70. The van der Waals surface area contributed by atoms with Crippen LogP contribution in [0.15, 0.2) is 22.8 Å². The van der Waals surface area contributed by atoms with Gasteiger partial charge >= 0.3 is 0 Å². The van der Waals surface area contributed by atoms with E-state index in [4.69, 9.17) is 4.74 Å². The number of hydrogen-bond donors (Lipinski definition) is 0. The molecule has 0 bridgehead atoms. The zero-order valence-corrected chi connectivity index (χ0v) is 12.3. The van der Waals surface area contributed by atoms with Gasteiger partial charge in [-0.05, 0) is 38.3 Å². The van der Waals surface area contributed by atoms with Crippen LogP contribution in [-0.4, -0.2) is 22.2 Å². The zero-order valence-electron chi connectivity index (χ0n) is 10.7. The van der Waals surface area contributed by atoms with E-state index in [9.17, 15) is 4.79 Å². The number of Topliss-reactive ketones (excluding diaryl/α,β-unsaturated/α-hetero) is 1. The third-order valence-corrected chi connectivity index (χ3v) is 3.95. The molecule has 1 fully saturated rings. The highest BCUT2D eigenvalue weighted by atomic mass is 79.9. The largest absolute Gasteiger partial charge is 0.356 e. The first-order chi connectivity index (χ1) is 9.16. The number of aromatic nitrogens is 2. The Bertz CT molecular complexity index is 630. The van der Waals surface area contributed by atoms with Crippen LogP contribution in [0.3, 0.4) is 0 Å². The van der Waals surface area contributed by atoms with E-state index >= 15 is 0 Å². The molecule has 0 N–H and O–H groups in total. The number of nitrogens with zero attached hydrogens (tertiary/aromatic N) is 2. The van der Waals surface area contributed by atoms with E-state index < -0.39 is 0 Å². The highest BCUT2D eigenvalue weighted by molar-refractivity contribution is 9.10. The van der Waals surface area contributed by atoms with Crippen LogP contribution < -0.4 is 0 Å². The van der Waals surface area contributed by atoms with Crippen molar-refractivity contribution in [2.75, 3.05) is 6.61 Å². The summed E-state index contributed by atoms with van der Waals surface area (Å²) in [4.78, 5) is 11.7. The lowest BCUT2D eigenvalue weighted by atomic mass is 10.1.